The number of carbonyl (C=O) groups excluding carboxylic acids is 1. The standard InChI is InChI=1S/C28H51NO/c1-2-3-4-5-6-7-8-9-10-11-12-13-14-15-16-17-18-19-20-21-22-23-27-24-25-28(26-30)29-27/h24-26,29H,2-23H2,1H3. The molecule has 1 heterocycles. The molecule has 1 aromatic rings. The number of aromatic amines is 1. The van der Waals surface area contributed by atoms with E-state index in [4.69, 9.17) is 0 Å². The Morgan fingerprint density at radius 3 is 1.27 bits per heavy atom. The van der Waals surface area contributed by atoms with Gasteiger partial charge in [0.2, 0.25) is 0 Å². The van der Waals surface area contributed by atoms with E-state index >= 15 is 0 Å². The maximum atomic E-state index is 10.7. The summed E-state index contributed by atoms with van der Waals surface area (Å²) < 4.78 is 0. The van der Waals surface area contributed by atoms with E-state index < -0.39 is 0 Å². The van der Waals surface area contributed by atoms with Crippen LogP contribution in [0.2, 0.25) is 0 Å². The number of rotatable bonds is 23. The van der Waals surface area contributed by atoms with Gasteiger partial charge < -0.3 is 4.98 Å². The molecule has 0 spiro atoms. The lowest BCUT2D eigenvalue weighted by molar-refractivity contribution is 0.111. The number of carbonyl (C=O) groups is 1. The zero-order valence-corrected chi connectivity index (χ0v) is 20.2. The van der Waals surface area contributed by atoms with Crippen LogP contribution in [-0.4, -0.2) is 11.3 Å². The molecule has 174 valence electrons. The molecule has 0 atom stereocenters. The highest BCUT2D eigenvalue weighted by Gasteiger charge is 1.98. The van der Waals surface area contributed by atoms with Gasteiger partial charge in [-0.1, -0.05) is 135 Å². The van der Waals surface area contributed by atoms with E-state index in [0.717, 1.165) is 12.7 Å². The number of hydrogen-bond acceptors (Lipinski definition) is 1. The molecule has 0 aliphatic carbocycles. The predicted molar refractivity (Wildman–Crippen MR) is 133 cm³/mol. The number of aromatic nitrogens is 1. The molecule has 0 radical (unpaired) electrons. The Morgan fingerprint density at radius 1 is 0.567 bits per heavy atom. The van der Waals surface area contributed by atoms with Crippen LogP contribution in [0.15, 0.2) is 12.1 Å². The molecule has 0 bridgehead atoms. The summed E-state index contributed by atoms with van der Waals surface area (Å²) in [6.07, 6.45) is 31.9. The van der Waals surface area contributed by atoms with Crippen LogP contribution in [0.5, 0.6) is 0 Å². The second-order valence-electron chi connectivity index (χ2n) is 9.38. The smallest absolute Gasteiger partial charge is 0.166 e. The molecule has 1 N–H and O–H groups in total. The monoisotopic (exact) mass is 417 g/mol. The zero-order valence-electron chi connectivity index (χ0n) is 20.2. The Bertz CT molecular complexity index is 479. The molecule has 30 heavy (non-hydrogen) atoms. The summed E-state index contributed by atoms with van der Waals surface area (Å²) in [5.74, 6) is 0. The van der Waals surface area contributed by atoms with Crippen molar-refractivity contribution in [3.63, 3.8) is 0 Å². The van der Waals surface area contributed by atoms with Gasteiger partial charge in [-0.15, -0.1) is 0 Å². The first kappa shape index (κ1) is 27.0. The zero-order chi connectivity index (χ0) is 21.5. The van der Waals surface area contributed by atoms with Crippen molar-refractivity contribution in [3.8, 4) is 0 Å². The molecule has 1 rings (SSSR count). The number of aryl methyl sites for hydroxylation is 1. The number of H-pyrrole nitrogens is 1. The second kappa shape index (κ2) is 21.2. The van der Waals surface area contributed by atoms with Gasteiger partial charge in [0.15, 0.2) is 6.29 Å². The minimum Gasteiger partial charge on any atom is -0.356 e. The lowest BCUT2D eigenvalue weighted by atomic mass is 10.0. The number of aldehydes is 1. The number of hydrogen-bond donors (Lipinski definition) is 1. The van der Waals surface area contributed by atoms with Gasteiger partial charge in [0, 0.05) is 5.69 Å². The van der Waals surface area contributed by atoms with E-state index in [-0.39, 0.29) is 0 Å². The van der Waals surface area contributed by atoms with Gasteiger partial charge in [-0.2, -0.15) is 0 Å². The van der Waals surface area contributed by atoms with Crippen LogP contribution in [0.4, 0.5) is 0 Å². The highest BCUT2D eigenvalue weighted by Crippen LogP contribution is 2.15. The molecular weight excluding hydrogens is 366 g/mol. The third-order valence-electron chi connectivity index (χ3n) is 6.45. The minimum absolute atomic E-state index is 0.702. The summed E-state index contributed by atoms with van der Waals surface area (Å²) in [5.41, 5.74) is 1.91. The molecule has 2 nitrogen and oxygen atoms in total. The molecule has 0 saturated carbocycles. The van der Waals surface area contributed by atoms with Crippen molar-refractivity contribution in [1.29, 1.82) is 0 Å². The van der Waals surface area contributed by atoms with Gasteiger partial charge in [-0.3, -0.25) is 4.79 Å². The van der Waals surface area contributed by atoms with Crippen molar-refractivity contribution in [2.75, 3.05) is 0 Å². The molecule has 1 aromatic heterocycles. The summed E-state index contributed by atoms with van der Waals surface area (Å²) in [4.78, 5) is 13.8. The van der Waals surface area contributed by atoms with Crippen LogP contribution in [0, 0.1) is 0 Å². The van der Waals surface area contributed by atoms with E-state index in [9.17, 15) is 4.79 Å². The molecule has 0 aliphatic heterocycles. The van der Waals surface area contributed by atoms with Gasteiger partial charge in [-0.25, -0.2) is 0 Å². The molecule has 0 fully saturated rings. The van der Waals surface area contributed by atoms with Gasteiger partial charge in [0.05, 0.1) is 5.69 Å². The number of nitrogens with one attached hydrogen (secondary N) is 1. The summed E-state index contributed by atoms with van der Waals surface area (Å²) in [7, 11) is 0. The maximum absolute atomic E-state index is 10.7. The summed E-state index contributed by atoms with van der Waals surface area (Å²) in [6.45, 7) is 2.30. The molecule has 0 saturated heterocycles. The molecule has 0 unspecified atom stereocenters. The van der Waals surface area contributed by atoms with Crippen LogP contribution in [0.1, 0.15) is 158 Å². The maximum Gasteiger partial charge on any atom is 0.166 e. The highest BCUT2D eigenvalue weighted by atomic mass is 16.1. The Hall–Kier alpha value is -1.05. The van der Waals surface area contributed by atoms with Crippen LogP contribution in [0.3, 0.4) is 0 Å². The van der Waals surface area contributed by atoms with Crippen molar-refractivity contribution in [3.05, 3.63) is 23.5 Å². The number of unbranched alkanes of at least 4 members (excludes halogenated alkanes) is 20. The Balaban J connectivity index is 1.68. The van der Waals surface area contributed by atoms with Gasteiger partial charge >= 0.3 is 0 Å². The predicted octanol–water partition coefficient (Wildman–Crippen LogP) is 9.58. The molecule has 0 aromatic carbocycles. The summed E-state index contributed by atoms with van der Waals surface area (Å²) in [5, 5.41) is 0. The third kappa shape index (κ3) is 16.7. The van der Waals surface area contributed by atoms with Crippen LogP contribution in [-0.2, 0) is 6.42 Å². The Labute approximate surface area is 188 Å². The average molecular weight is 418 g/mol. The van der Waals surface area contributed by atoms with Crippen LogP contribution >= 0.6 is 0 Å². The fourth-order valence-electron chi connectivity index (χ4n) is 4.42. The molecular formula is C28H51NO. The largest absolute Gasteiger partial charge is 0.356 e. The summed E-state index contributed by atoms with van der Waals surface area (Å²) >= 11 is 0. The van der Waals surface area contributed by atoms with Crippen molar-refractivity contribution < 1.29 is 4.79 Å². The summed E-state index contributed by atoms with van der Waals surface area (Å²) in [6, 6.07) is 3.92. The Morgan fingerprint density at radius 2 is 0.933 bits per heavy atom. The van der Waals surface area contributed by atoms with Crippen molar-refractivity contribution >= 4 is 6.29 Å². The van der Waals surface area contributed by atoms with Crippen LogP contribution < -0.4 is 0 Å². The quantitative estimate of drug-likeness (QED) is 0.139. The first-order chi connectivity index (χ1) is 14.9. The first-order valence-corrected chi connectivity index (χ1v) is 13.5. The topological polar surface area (TPSA) is 32.9 Å². The molecule has 0 aliphatic rings. The van der Waals surface area contributed by atoms with Crippen molar-refractivity contribution in [2.45, 2.75) is 148 Å². The lowest BCUT2D eigenvalue weighted by Crippen LogP contribution is -1.88. The average Bonchev–Trinajstić information content (AvgIpc) is 3.23. The van der Waals surface area contributed by atoms with Crippen LogP contribution in [0.25, 0.3) is 0 Å². The van der Waals surface area contributed by atoms with Gasteiger partial charge in [-0.05, 0) is 25.0 Å². The molecule has 2 heteroatoms. The van der Waals surface area contributed by atoms with E-state index in [1.165, 1.54) is 141 Å². The van der Waals surface area contributed by atoms with Gasteiger partial charge in [0.1, 0.15) is 0 Å². The first-order valence-electron chi connectivity index (χ1n) is 13.5. The normalized spacial score (nSPS) is 11.2. The molecule has 0 amide bonds. The van der Waals surface area contributed by atoms with E-state index in [1.807, 2.05) is 12.1 Å². The fourth-order valence-corrected chi connectivity index (χ4v) is 4.42. The van der Waals surface area contributed by atoms with Crippen molar-refractivity contribution in [2.24, 2.45) is 0 Å². The SMILES string of the molecule is CCCCCCCCCCCCCCCCCCCCCCCc1ccc(C=O)[nH]1. The third-order valence-corrected chi connectivity index (χ3v) is 6.45. The van der Waals surface area contributed by atoms with Crippen molar-refractivity contribution in [1.82, 2.24) is 4.98 Å². The minimum atomic E-state index is 0.702. The highest BCUT2D eigenvalue weighted by molar-refractivity contribution is 5.71. The van der Waals surface area contributed by atoms with E-state index in [0.29, 0.717) is 5.69 Å². The fraction of sp³-hybridized carbons (Fsp3) is 0.821. The Kier molecular flexibility index (Phi) is 19.1. The van der Waals surface area contributed by atoms with E-state index in [1.54, 1.807) is 0 Å². The van der Waals surface area contributed by atoms with E-state index in [2.05, 4.69) is 11.9 Å². The second-order valence-corrected chi connectivity index (χ2v) is 9.38. The van der Waals surface area contributed by atoms with Gasteiger partial charge in [0.25, 0.3) is 0 Å². The lowest BCUT2D eigenvalue weighted by Gasteiger charge is -2.04.